The van der Waals surface area contributed by atoms with E-state index in [4.69, 9.17) is 4.74 Å². The third-order valence-corrected chi connectivity index (χ3v) is 5.23. The largest absolute Gasteiger partial charge is 0.492 e. The van der Waals surface area contributed by atoms with E-state index >= 15 is 0 Å². The zero-order valence-corrected chi connectivity index (χ0v) is 17.3. The number of hydrogen-bond donors (Lipinski definition) is 1. The smallest absolute Gasteiger partial charge is 0.141 e. The Labute approximate surface area is 174 Å². The Balaban J connectivity index is 1.52. The molecule has 0 amide bonds. The summed E-state index contributed by atoms with van der Waals surface area (Å²) in [5.74, 6) is 1.46. The number of hydrogen-bond acceptors (Lipinski definition) is 3. The van der Waals surface area contributed by atoms with Gasteiger partial charge in [-0.2, -0.15) is 0 Å². The van der Waals surface area contributed by atoms with E-state index in [1.807, 2.05) is 13.0 Å². The number of benzene rings is 2. The lowest BCUT2D eigenvalue weighted by Crippen LogP contribution is -2.34. The molecule has 0 aromatic heterocycles. The van der Waals surface area contributed by atoms with Crippen LogP contribution in [0.15, 0.2) is 76.5 Å². The van der Waals surface area contributed by atoms with Crippen LogP contribution in [0.5, 0.6) is 0 Å². The van der Waals surface area contributed by atoms with Crippen LogP contribution in [-0.4, -0.2) is 25.1 Å². The van der Waals surface area contributed by atoms with Crippen molar-refractivity contribution in [1.82, 2.24) is 5.32 Å². The van der Waals surface area contributed by atoms with Crippen molar-refractivity contribution >= 4 is 12.6 Å². The summed E-state index contributed by atoms with van der Waals surface area (Å²) in [5.41, 5.74) is 3.53. The molecule has 1 aliphatic carbocycles. The van der Waals surface area contributed by atoms with Gasteiger partial charge >= 0.3 is 0 Å². The molecular weight excluding hydrogens is 358 g/mol. The van der Waals surface area contributed by atoms with Gasteiger partial charge in [0.05, 0.1) is 12.7 Å². The van der Waals surface area contributed by atoms with Gasteiger partial charge in [-0.05, 0) is 49.2 Å². The van der Waals surface area contributed by atoms with Gasteiger partial charge in [0.2, 0.25) is 0 Å². The SMILES string of the molecule is C=NC(CNC1CCCCC1)=N/C=C(\C)OCc1cccc(-c2ccccc2)c1. The maximum absolute atomic E-state index is 5.88. The highest BCUT2D eigenvalue weighted by Gasteiger charge is 2.12. The molecule has 1 fully saturated rings. The Hall–Kier alpha value is -2.72. The van der Waals surface area contributed by atoms with Crippen molar-refractivity contribution in [2.75, 3.05) is 6.54 Å². The summed E-state index contributed by atoms with van der Waals surface area (Å²) in [7, 11) is 0. The fraction of sp³-hybridized carbons (Fsp3) is 0.360. The van der Waals surface area contributed by atoms with Gasteiger partial charge in [0.15, 0.2) is 0 Å². The topological polar surface area (TPSA) is 46.0 Å². The third kappa shape index (κ3) is 6.99. The molecule has 4 heteroatoms. The molecule has 0 aliphatic heterocycles. The Morgan fingerprint density at radius 2 is 1.83 bits per heavy atom. The van der Waals surface area contributed by atoms with Gasteiger partial charge in [-0.25, -0.2) is 9.98 Å². The van der Waals surface area contributed by atoms with Gasteiger partial charge in [-0.1, -0.05) is 67.8 Å². The molecular formula is C25H31N3O. The van der Waals surface area contributed by atoms with Crippen LogP contribution < -0.4 is 5.32 Å². The lowest BCUT2D eigenvalue weighted by Gasteiger charge is -2.22. The van der Waals surface area contributed by atoms with Crippen LogP contribution >= 0.6 is 0 Å². The number of amidine groups is 1. The molecule has 0 bridgehead atoms. The Morgan fingerprint density at radius 3 is 2.59 bits per heavy atom. The molecule has 0 atom stereocenters. The van der Waals surface area contributed by atoms with Crippen LogP contribution in [0.25, 0.3) is 11.1 Å². The van der Waals surface area contributed by atoms with E-state index < -0.39 is 0 Å². The predicted octanol–water partition coefficient (Wildman–Crippen LogP) is 5.75. The molecule has 0 spiro atoms. The van der Waals surface area contributed by atoms with Crippen molar-refractivity contribution in [3.63, 3.8) is 0 Å². The highest BCUT2D eigenvalue weighted by molar-refractivity contribution is 5.88. The highest BCUT2D eigenvalue weighted by atomic mass is 16.5. The van der Waals surface area contributed by atoms with E-state index in [1.54, 1.807) is 6.20 Å². The molecule has 4 nitrogen and oxygen atoms in total. The molecule has 0 radical (unpaired) electrons. The van der Waals surface area contributed by atoms with Gasteiger partial charge < -0.3 is 10.1 Å². The second kappa shape index (κ2) is 11.3. The van der Waals surface area contributed by atoms with E-state index in [0.717, 1.165) is 11.3 Å². The second-order valence-corrected chi connectivity index (χ2v) is 7.51. The van der Waals surface area contributed by atoms with E-state index in [2.05, 4.69) is 70.6 Å². The van der Waals surface area contributed by atoms with E-state index in [0.29, 0.717) is 25.0 Å². The monoisotopic (exact) mass is 389 g/mol. The van der Waals surface area contributed by atoms with E-state index in [9.17, 15) is 0 Å². The molecule has 1 N–H and O–H groups in total. The third-order valence-electron chi connectivity index (χ3n) is 5.23. The second-order valence-electron chi connectivity index (χ2n) is 7.51. The van der Waals surface area contributed by atoms with Crippen molar-refractivity contribution in [1.29, 1.82) is 0 Å². The first-order valence-corrected chi connectivity index (χ1v) is 10.5. The summed E-state index contributed by atoms with van der Waals surface area (Å²) in [4.78, 5) is 8.49. The van der Waals surface area contributed by atoms with Gasteiger partial charge in [-0.15, -0.1) is 0 Å². The summed E-state index contributed by atoms with van der Waals surface area (Å²) in [5, 5.41) is 3.54. The van der Waals surface area contributed by atoms with Crippen LogP contribution in [-0.2, 0) is 11.3 Å². The summed E-state index contributed by atoms with van der Waals surface area (Å²) < 4.78 is 5.88. The fourth-order valence-electron chi connectivity index (χ4n) is 3.56. The van der Waals surface area contributed by atoms with E-state index in [-0.39, 0.29) is 0 Å². The minimum atomic E-state index is 0.510. The number of aliphatic imine (C=N–C) groups is 2. The summed E-state index contributed by atoms with van der Waals surface area (Å²) in [6, 6.07) is 19.4. The Morgan fingerprint density at radius 1 is 1.07 bits per heavy atom. The average Bonchev–Trinajstić information content (AvgIpc) is 2.79. The number of nitrogens with zero attached hydrogens (tertiary/aromatic N) is 2. The predicted molar refractivity (Wildman–Crippen MR) is 122 cm³/mol. The van der Waals surface area contributed by atoms with Gasteiger partial charge in [0.1, 0.15) is 18.2 Å². The van der Waals surface area contributed by atoms with Gasteiger partial charge in [0.25, 0.3) is 0 Å². The van der Waals surface area contributed by atoms with Crippen LogP contribution in [0, 0.1) is 0 Å². The van der Waals surface area contributed by atoms with Crippen molar-refractivity contribution < 1.29 is 4.74 Å². The van der Waals surface area contributed by atoms with Crippen LogP contribution in [0.4, 0.5) is 0 Å². The Kier molecular flexibility index (Phi) is 8.20. The number of ether oxygens (including phenoxy) is 1. The molecule has 1 aliphatic rings. The average molecular weight is 390 g/mol. The first-order chi connectivity index (χ1) is 14.2. The van der Waals surface area contributed by atoms with Gasteiger partial charge in [-0.3, -0.25) is 0 Å². The van der Waals surface area contributed by atoms with Gasteiger partial charge in [0, 0.05) is 6.04 Å². The molecule has 29 heavy (non-hydrogen) atoms. The summed E-state index contributed by atoms with van der Waals surface area (Å²) in [6.07, 6.45) is 8.18. The lowest BCUT2D eigenvalue weighted by molar-refractivity contribution is 0.200. The standard InChI is InChI=1S/C25H31N3O/c1-20(17-28-25(26-2)18-27-24-14-7-4-8-15-24)29-19-21-10-9-13-23(16-21)22-11-5-3-6-12-22/h3,5-6,9-13,16-17,24,27H,2,4,7-8,14-15,18-19H2,1H3/b20-17+,28-25?. The maximum Gasteiger partial charge on any atom is 0.141 e. The lowest BCUT2D eigenvalue weighted by atomic mass is 9.95. The normalized spacial score (nSPS) is 15.9. The molecule has 1 saturated carbocycles. The van der Waals surface area contributed by atoms with Crippen molar-refractivity contribution in [3.05, 3.63) is 72.1 Å². The fourth-order valence-corrected chi connectivity index (χ4v) is 3.56. The van der Waals surface area contributed by atoms with E-state index in [1.165, 1.54) is 43.2 Å². The van der Waals surface area contributed by atoms with Crippen LogP contribution in [0.1, 0.15) is 44.6 Å². The van der Waals surface area contributed by atoms with Crippen molar-refractivity contribution in [2.24, 2.45) is 9.98 Å². The zero-order chi connectivity index (χ0) is 20.3. The molecule has 0 heterocycles. The maximum atomic E-state index is 5.88. The first-order valence-electron chi connectivity index (χ1n) is 10.5. The molecule has 0 saturated heterocycles. The minimum absolute atomic E-state index is 0.510. The van der Waals surface area contributed by atoms with Crippen LogP contribution in [0.2, 0.25) is 0 Å². The Bertz CT molecular complexity index is 836. The first kappa shape index (κ1) is 21.0. The molecule has 152 valence electrons. The number of allylic oxidation sites excluding steroid dienone is 1. The van der Waals surface area contributed by atoms with Crippen molar-refractivity contribution in [3.8, 4) is 11.1 Å². The summed E-state index contributed by atoms with van der Waals surface area (Å²) >= 11 is 0. The number of rotatable bonds is 8. The number of nitrogens with one attached hydrogen (secondary N) is 1. The van der Waals surface area contributed by atoms with Crippen molar-refractivity contribution in [2.45, 2.75) is 51.7 Å². The quantitative estimate of drug-likeness (QED) is 0.355. The molecule has 3 rings (SSSR count). The minimum Gasteiger partial charge on any atom is -0.492 e. The molecule has 0 unspecified atom stereocenters. The molecule has 2 aromatic carbocycles. The zero-order valence-electron chi connectivity index (χ0n) is 17.3. The summed E-state index contributed by atoms with van der Waals surface area (Å²) in [6.45, 7) is 6.72. The molecule has 2 aromatic rings. The van der Waals surface area contributed by atoms with Crippen LogP contribution in [0.3, 0.4) is 0 Å². The highest BCUT2D eigenvalue weighted by Crippen LogP contribution is 2.21.